The molecular weight excluding hydrogens is 452 g/mol. The lowest BCUT2D eigenvalue weighted by Crippen LogP contribution is -2.25. The number of fused-ring (bicyclic) bond motifs is 1. The largest absolute Gasteiger partial charge is 0.508 e. The Hall–Kier alpha value is -3.38. The Morgan fingerprint density at radius 2 is 1.72 bits per heavy atom. The molecule has 1 aliphatic carbocycles. The Morgan fingerprint density at radius 1 is 0.972 bits per heavy atom. The summed E-state index contributed by atoms with van der Waals surface area (Å²) in [5.74, 6) is 3.08. The maximum absolute atomic E-state index is 9.91. The van der Waals surface area contributed by atoms with Crippen LogP contribution in [-0.4, -0.2) is 46.1 Å². The van der Waals surface area contributed by atoms with Crippen LogP contribution in [0.25, 0.3) is 0 Å². The van der Waals surface area contributed by atoms with Gasteiger partial charge in [0.25, 0.3) is 0 Å². The molecule has 36 heavy (non-hydrogen) atoms. The van der Waals surface area contributed by atoms with E-state index in [0.717, 1.165) is 56.1 Å². The monoisotopic (exact) mass is 490 g/mol. The Balaban J connectivity index is 1.63. The summed E-state index contributed by atoms with van der Waals surface area (Å²) in [6.45, 7) is 5.30. The first-order valence-corrected chi connectivity index (χ1v) is 12.7. The predicted octanol–water partition coefficient (Wildman–Crippen LogP) is 5.31. The number of ether oxygens (including phenoxy) is 3. The summed E-state index contributed by atoms with van der Waals surface area (Å²) in [5, 5.41) is 13.0. The van der Waals surface area contributed by atoms with E-state index in [4.69, 9.17) is 14.2 Å². The van der Waals surface area contributed by atoms with Gasteiger partial charge in [0.2, 0.25) is 0 Å². The van der Waals surface area contributed by atoms with Crippen molar-refractivity contribution >= 4 is 5.69 Å². The van der Waals surface area contributed by atoms with Crippen molar-refractivity contribution < 1.29 is 19.3 Å². The number of likely N-dealkylation sites (N-methyl/N-ethyl adjacent to an activating group) is 1. The molecule has 3 aromatic rings. The zero-order chi connectivity index (χ0) is 25.5. The number of phenolic OH excluding ortho intramolecular Hbond substituents is 1. The number of hydrogen-bond donors (Lipinski definition) is 2. The first-order chi connectivity index (χ1) is 17.6. The maximum atomic E-state index is 9.91. The summed E-state index contributed by atoms with van der Waals surface area (Å²) in [6, 6.07) is 18.4. The van der Waals surface area contributed by atoms with Crippen LogP contribution in [0, 0.1) is 0 Å². The molecule has 6 nitrogen and oxygen atoms in total. The SMILES string of the molecule is CCN(Cc1ccc(OCCNC)cc1)c1cc(OC)c(OC)cc1[C@@H]1CCc2cc(O)ccc2C1. The van der Waals surface area contributed by atoms with Crippen molar-refractivity contribution in [2.24, 2.45) is 0 Å². The van der Waals surface area contributed by atoms with E-state index in [1.807, 2.05) is 25.2 Å². The van der Waals surface area contributed by atoms with E-state index in [2.05, 4.69) is 47.5 Å². The minimum Gasteiger partial charge on any atom is -0.508 e. The van der Waals surface area contributed by atoms with Gasteiger partial charge in [0.15, 0.2) is 11.5 Å². The van der Waals surface area contributed by atoms with Crippen LogP contribution in [0.4, 0.5) is 5.69 Å². The van der Waals surface area contributed by atoms with Crippen LogP contribution in [0.5, 0.6) is 23.0 Å². The maximum Gasteiger partial charge on any atom is 0.162 e. The van der Waals surface area contributed by atoms with Gasteiger partial charge in [-0.1, -0.05) is 18.2 Å². The summed E-state index contributed by atoms with van der Waals surface area (Å²) < 4.78 is 17.2. The van der Waals surface area contributed by atoms with E-state index in [1.54, 1.807) is 20.3 Å². The molecule has 0 aliphatic heterocycles. The molecule has 0 aromatic heterocycles. The molecule has 0 saturated carbocycles. The molecular formula is C30H38N2O4. The van der Waals surface area contributed by atoms with Gasteiger partial charge in [-0.3, -0.25) is 0 Å². The van der Waals surface area contributed by atoms with Crippen LogP contribution >= 0.6 is 0 Å². The molecule has 4 rings (SSSR count). The van der Waals surface area contributed by atoms with Crippen LogP contribution in [0.1, 0.15) is 41.5 Å². The summed E-state index contributed by atoms with van der Waals surface area (Å²) in [4.78, 5) is 2.40. The van der Waals surface area contributed by atoms with Gasteiger partial charge < -0.3 is 29.5 Å². The van der Waals surface area contributed by atoms with E-state index >= 15 is 0 Å². The molecule has 0 amide bonds. The Bertz CT molecular complexity index is 1150. The highest BCUT2D eigenvalue weighted by molar-refractivity contribution is 5.64. The van der Waals surface area contributed by atoms with Crippen molar-refractivity contribution in [1.29, 1.82) is 0 Å². The molecule has 2 N–H and O–H groups in total. The summed E-state index contributed by atoms with van der Waals surface area (Å²) in [7, 11) is 5.30. The van der Waals surface area contributed by atoms with Gasteiger partial charge in [0.05, 0.1) is 14.2 Å². The normalized spacial score (nSPS) is 14.7. The molecule has 0 heterocycles. The number of phenols is 1. The average Bonchev–Trinajstić information content (AvgIpc) is 2.91. The van der Waals surface area contributed by atoms with Crippen LogP contribution in [0.2, 0.25) is 0 Å². The molecule has 1 aliphatic rings. The molecule has 192 valence electrons. The van der Waals surface area contributed by atoms with E-state index in [9.17, 15) is 5.11 Å². The lowest BCUT2D eigenvalue weighted by Gasteiger charge is -2.32. The third-order valence-electron chi connectivity index (χ3n) is 7.03. The number of hydrogen-bond acceptors (Lipinski definition) is 6. The Morgan fingerprint density at radius 3 is 2.42 bits per heavy atom. The number of aromatic hydroxyl groups is 1. The molecule has 3 aromatic carbocycles. The van der Waals surface area contributed by atoms with Gasteiger partial charge in [-0.25, -0.2) is 0 Å². The third kappa shape index (κ3) is 5.88. The Labute approximate surface area is 214 Å². The van der Waals surface area contributed by atoms with Gasteiger partial charge in [0, 0.05) is 31.4 Å². The van der Waals surface area contributed by atoms with E-state index < -0.39 is 0 Å². The van der Waals surface area contributed by atoms with Crippen molar-refractivity contribution in [3.63, 3.8) is 0 Å². The molecule has 1 atom stereocenters. The second kappa shape index (κ2) is 12.0. The highest BCUT2D eigenvalue weighted by Gasteiger charge is 2.26. The van der Waals surface area contributed by atoms with Gasteiger partial charge in [-0.05, 0) is 91.7 Å². The number of aryl methyl sites for hydroxylation is 1. The fourth-order valence-corrected chi connectivity index (χ4v) is 5.04. The zero-order valence-corrected chi connectivity index (χ0v) is 21.8. The van der Waals surface area contributed by atoms with Crippen LogP contribution in [-0.2, 0) is 19.4 Å². The highest BCUT2D eigenvalue weighted by atomic mass is 16.5. The van der Waals surface area contributed by atoms with Crippen molar-refractivity contribution in [3.05, 3.63) is 76.9 Å². The van der Waals surface area contributed by atoms with E-state index in [-0.39, 0.29) is 0 Å². The molecule has 0 spiro atoms. The fraction of sp³-hybridized carbons (Fsp3) is 0.400. The minimum atomic E-state index is 0.342. The lowest BCUT2D eigenvalue weighted by molar-refractivity contribution is 0.318. The third-order valence-corrected chi connectivity index (χ3v) is 7.03. The van der Waals surface area contributed by atoms with Crippen molar-refractivity contribution in [3.8, 4) is 23.0 Å². The highest BCUT2D eigenvalue weighted by Crippen LogP contribution is 2.43. The van der Waals surface area contributed by atoms with Crippen LogP contribution < -0.4 is 24.4 Å². The molecule has 0 fully saturated rings. The number of nitrogens with zero attached hydrogens (tertiary/aromatic N) is 1. The first-order valence-electron chi connectivity index (χ1n) is 12.7. The number of anilines is 1. The number of methoxy groups -OCH3 is 2. The second-order valence-corrected chi connectivity index (χ2v) is 9.27. The van der Waals surface area contributed by atoms with Crippen LogP contribution in [0.3, 0.4) is 0 Å². The zero-order valence-electron chi connectivity index (χ0n) is 21.8. The molecule has 0 unspecified atom stereocenters. The van der Waals surface area contributed by atoms with Gasteiger partial charge in [-0.15, -0.1) is 0 Å². The number of nitrogens with one attached hydrogen (secondary N) is 1. The topological polar surface area (TPSA) is 63.2 Å². The minimum absolute atomic E-state index is 0.342. The molecule has 0 saturated heterocycles. The fourth-order valence-electron chi connectivity index (χ4n) is 5.04. The summed E-state index contributed by atoms with van der Waals surface area (Å²) >= 11 is 0. The molecule has 6 heteroatoms. The second-order valence-electron chi connectivity index (χ2n) is 9.27. The van der Waals surface area contributed by atoms with Crippen molar-refractivity contribution in [2.45, 2.75) is 38.6 Å². The van der Waals surface area contributed by atoms with Gasteiger partial charge >= 0.3 is 0 Å². The van der Waals surface area contributed by atoms with Gasteiger partial charge in [0.1, 0.15) is 18.1 Å². The Kier molecular flexibility index (Phi) is 8.60. The smallest absolute Gasteiger partial charge is 0.162 e. The van der Waals surface area contributed by atoms with Crippen molar-refractivity contribution in [1.82, 2.24) is 5.32 Å². The average molecular weight is 491 g/mol. The predicted molar refractivity (Wildman–Crippen MR) is 145 cm³/mol. The van der Waals surface area contributed by atoms with E-state index in [1.165, 1.54) is 27.9 Å². The molecule has 0 radical (unpaired) electrons. The summed E-state index contributed by atoms with van der Waals surface area (Å²) in [6.07, 6.45) is 2.91. The van der Waals surface area contributed by atoms with Gasteiger partial charge in [-0.2, -0.15) is 0 Å². The van der Waals surface area contributed by atoms with E-state index in [0.29, 0.717) is 18.3 Å². The lowest BCUT2D eigenvalue weighted by atomic mass is 9.79. The van der Waals surface area contributed by atoms with Crippen molar-refractivity contribution in [2.75, 3.05) is 45.9 Å². The van der Waals surface area contributed by atoms with Crippen LogP contribution in [0.15, 0.2) is 54.6 Å². The summed E-state index contributed by atoms with van der Waals surface area (Å²) in [5.41, 5.74) is 6.24. The first kappa shape index (κ1) is 25.7. The number of rotatable bonds is 11. The molecule has 0 bridgehead atoms. The number of benzene rings is 3. The quantitative estimate of drug-likeness (QED) is 0.356. The standard InChI is InChI=1S/C30H38N2O4/c1-5-32(20-21-6-12-26(13-7-21)36-15-14-31-2)28-19-30(35-4)29(34-3)18-27(28)24-9-8-23-17-25(33)11-10-22(23)16-24/h6-7,10-13,17-19,24,31,33H,5,8-9,14-16,20H2,1-4H3/t24-/m1/s1.